The van der Waals surface area contributed by atoms with Gasteiger partial charge in [-0.2, -0.15) is 0 Å². The molecule has 2 nitrogen and oxygen atoms in total. The molecule has 82 valence electrons. The van der Waals surface area contributed by atoms with Crippen molar-refractivity contribution in [3.05, 3.63) is 32.7 Å². The maximum atomic E-state index is 8.67. The molecule has 0 aromatic heterocycles. The summed E-state index contributed by atoms with van der Waals surface area (Å²) in [5.41, 5.74) is 1.01. The van der Waals surface area contributed by atoms with Crippen molar-refractivity contribution in [2.24, 2.45) is 0 Å². The first-order valence-electron chi connectivity index (χ1n) is 4.58. The molecule has 0 atom stereocenters. The van der Waals surface area contributed by atoms with Crippen molar-refractivity contribution in [3.8, 4) is 5.75 Å². The third-order valence-electron chi connectivity index (χ3n) is 1.72. The Labute approximate surface area is 106 Å². The van der Waals surface area contributed by atoms with Crippen LogP contribution in [0.15, 0.2) is 27.2 Å². The Morgan fingerprint density at radius 3 is 2.40 bits per heavy atom. The van der Waals surface area contributed by atoms with Gasteiger partial charge in [0.1, 0.15) is 5.75 Å². The summed E-state index contributed by atoms with van der Waals surface area (Å²) in [7, 11) is 0. The highest BCUT2D eigenvalue weighted by Gasteiger charge is 2.06. The molecule has 0 unspecified atom stereocenters. The van der Waals surface area contributed by atoms with Gasteiger partial charge in [0.25, 0.3) is 0 Å². The van der Waals surface area contributed by atoms with Gasteiger partial charge in [-0.05, 0) is 56.5 Å². The lowest BCUT2D eigenvalue weighted by Gasteiger charge is -2.09. The highest BCUT2D eigenvalue weighted by Crippen LogP contribution is 2.35. The Hall–Kier alpha value is -0.320. The lowest BCUT2D eigenvalue weighted by Crippen LogP contribution is -1.94. The van der Waals surface area contributed by atoms with Crippen molar-refractivity contribution in [3.63, 3.8) is 0 Å². The largest absolute Gasteiger partial charge is 0.492 e. The van der Waals surface area contributed by atoms with Crippen LogP contribution < -0.4 is 4.74 Å². The second-order valence-electron chi connectivity index (χ2n) is 2.83. The summed E-state index contributed by atoms with van der Waals surface area (Å²) in [6.07, 6.45) is 3.54. The Morgan fingerprint density at radius 2 is 1.93 bits per heavy atom. The molecule has 0 amide bonds. The van der Waals surface area contributed by atoms with Crippen molar-refractivity contribution in [2.75, 3.05) is 13.2 Å². The molecule has 1 rings (SSSR count). The summed E-state index contributed by atoms with van der Waals surface area (Å²) in [5.74, 6) is 0.804. The number of aliphatic hydroxyl groups excluding tert-OH is 1. The molecule has 0 heterocycles. The van der Waals surface area contributed by atoms with Gasteiger partial charge in [0.15, 0.2) is 0 Å². The van der Waals surface area contributed by atoms with Crippen molar-refractivity contribution in [1.29, 1.82) is 0 Å². The summed E-state index contributed by atoms with van der Waals surface area (Å²) < 4.78 is 7.26. The van der Waals surface area contributed by atoms with Crippen molar-refractivity contribution < 1.29 is 9.84 Å². The predicted molar refractivity (Wildman–Crippen MR) is 69.1 cm³/mol. The summed E-state index contributed by atoms with van der Waals surface area (Å²) in [5, 5.41) is 8.67. The third kappa shape index (κ3) is 3.63. The summed E-state index contributed by atoms with van der Waals surface area (Å²) in [4.78, 5) is 0. The minimum absolute atomic E-state index is 0.0441. The van der Waals surface area contributed by atoms with Gasteiger partial charge in [-0.25, -0.2) is 0 Å². The van der Waals surface area contributed by atoms with E-state index in [2.05, 4.69) is 31.9 Å². The van der Waals surface area contributed by atoms with Gasteiger partial charge in [0, 0.05) is 0 Å². The van der Waals surface area contributed by atoms with Crippen LogP contribution in [0.1, 0.15) is 12.5 Å². The molecule has 0 fully saturated rings. The van der Waals surface area contributed by atoms with Crippen LogP contribution in [-0.2, 0) is 0 Å². The van der Waals surface area contributed by atoms with Crippen molar-refractivity contribution in [2.45, 2.75) is 6.92 Å². The first-order chi connectivity index (χ1) is 7.19. The van der Waals surface area contributed by atoms with Gasteiger partial charge in [-0.1, -0.05) is 12.2 Å². The van der Waals surface area contributed by atoms with Crippen LogP contribution in [0.4, 0.5) is 0 Å². The molecule has 0 bridgehead atoms. The molecule has 1 N–H and O–H groups in total. The fourth-order valence-corrected chi connectivity index (χ4v) is 2.60. The van der Waals surface area contributed by atoms with Crippen LogP contribution in [0, 0.1) is 0 Å². The van der Waals surface area contributed by atoms with Crippen LogP contribution in [0.25, 0.3) is 6.08 Å². The standard InChI is InChI=1S/C11H12Br2O2/c1-2-15-11-9(12)6-8(4-3-5-14)7-10(11)13/h3-4,6-7,14H,2,5H2,1H3. The molecule has 0 aliphatic heterocycles. The highest BCUT2D eigenvalue weighted by molar-refractivity contribution is 9.11. The van der Waals surface area contributed by atoms with E-state index in [9.17, 15) is 0 Å². The van der Waals surface area contributed by atoms with Crippen LogP contribution in [0.5, 0.6) is 5.75 Å². The zero-order valence-electron chi connectivity index (χ0n) is 8.34. The molecule has 1 aromatic carbocycles. The summed E-state index contributed by atoms with van der Waals surface area (Å²) >= 11 is 6.88. The number of benzene rings is 1. The molecule has 15 heavy (non-hydrogen) atoms. The smallest absolute Gasteiger partial charge is 0.147 e. The molecule has 0 saturated carbocycles. The van der Waals surface area contributed by atoms with Crippen LogP contribution in [-0.4, -0.2) is 18.3 Å². The predicted octanol–water partition coefficient (Wildman–Crippen LogP) is 3.62. The van der Waals surface area contributed by atoms with E-state index in [1.54, 1.807) is 6.08 Å². The van der Waals surface area contributed by atoms with Gasteiger partial charge in [0.2, 0.25) is 0 Å². The van der Waals surface area contributed by atoms with E-state index < -0.39 is 0 Å². The average molecular weight is 336 g/mol. The van der Waals surface area contributed by atoms with Crippen molar-refractivity contribution >= 4 is 37.9 Å². The SMILES string of the molecule is CCOc1c(Br)cc(C=CCO)cc1Br. The molecule has 0 aliphatic rings. The molecule has 0 saturated heterocycles. The summed E-state index contributed by atoms with van der Waals surface area (Å²) in [6.45, 7) is 2.62. The van der Waals surface area contributed by atoms with Gasteiger partial charge in [-0.15, -0.1) is 0 Å². The Bertz CT molecular complexity index is 339. The number of hydrogen-bond donors (Lipinski definition) is 1. The highest BCUT2D eigenvalue weighted by atomic mass is 79.9. The van der Waals surface area contributed by atoms with Gasteiger partial charge >= 0.3 is 0 Å². The quantitative estimate of drug-likeness (QED) is 0.910. The van der Waals surface area contributed by atoms with Gasteiger partial charge < -0.3 is 9.84 Å². The molecule has 0 spiro atoms. The molecular formula is C11H12Br2O2. The number of rotatable bonds is 4. The monoisotopic (exact) mass is 334 g/mol. The van der Waals surface area contributed by atoms with E-state index in [-0.39, 0.29) is 6.61 Å². The Balaban J connectivity index is 3.02. The maximum Gasteiger partial charge on any atom is 0.147 e. The third-order valence-corrected chi connectivity index (χ3v) is 2.90. The fraction of sp³-hybridized carbons (Fsp3) is 0.273. The lowest BCUT2D eigenvalue weighted by molar-refractivity contribution is 0.336. The topological polar surface area (TPSA) is 29.5 Å². The zero-order chi connectivity index (χ0) is 11.3. The Kier molecular flexibility index (Phi) is 5.36. The van der Waals surface area contributed by atoms with Crippen LogP contribution in [0.2, 0.25) is 0 Å². The maximum absolute atomic E-state index is 8.67. The zero-order valence-corrected chi connectivity index (χ0v) is 11.5. The fourth-order valence-electron chi connectivity index (χ4n) is 1.15. The van der Waals surface area contributed by atoms with Crippen molar-refractivity contribution in [1.82, 2.24) is 0 Å². The van der Waals surface area contributed by atoms with E-state index in [0.29, 0.717) is 6.61 Å². The number of halogens is 2. The molecular weight excluding hydrogens is 324 g/mol. The first kappa shape index (κ1) is 12.7. The second kappa shape index (κ2) is 6.30. The molecule has 1 aromatic rings. The minimum Gasteiger partial charge on any atom is -0.492 e. The van der Waals surface area contributed by atoms with Crippen LogP contribution in [0.3, 0.4) is 0 Å². The number of hydrogen-bond acceptors (Lipinski definition) is 2. The molecule has 4 heteroatoms. The summed E-state index contributed by atoms with van der Waals surface area (Å²) in [6, 6.07) is 3.89. The lowest BCUT2D eigenvalue weighted by atomic mass is 10.2. The van der Waals surface area contributed by atoms with E-state index in [4.69, 9.17) is 9.84 Å². The van der Waals surface area contributed by atoms with Gasteiger partial charge in [0.05, 0.1) is 22.2 Å². The normalized spacial score (nSPS) is 10.9. The van der Waals surface area contributed by atoms with Crippen LogP contribution >= 0.6 is 31.9 Å². The van der Waals surface area contributed by atoms with E-state index in [1.165, 1.54) is 0 Å². The van der Waals surface area contributed by atoms with Gasteiger partial charge in [-0.3, -0.25) is 0 Å². The first-order valence-corrected chi connectivity index (χ1v) is 6.17. The van der Waals surface area contributed by atoms with E-state index in [1.807, 2.05) is 25.1 Å². The molecule has 0 radical (unpaired) electrons. The number of aliphatic hydroxyl groups is 1. The Morgan fingerprint density at radius 1 is 1.33 bits per heavy atom. The van der Waals surface area contributed by atoms with E-state index >= 15 is 0 Å². The van der Waals surface area contributed by atoms with E-state index in [0.717, 1.165) is 20.3 Å². The number of ether oxygens (including phenoxy) is 1. The second-order valence-corrected chi connectivity index (χ2v) is 4.54. The molecule has 0 aliphatic carbocycles. The minimum atomic E-state index is 0.0441. The average Bonchev–Trinajstić information content (AvgIpc) is 2.20.